The second-order valence-corrected chi connectivity index (χ2v) is 7.49. The number of nitrogens with zero attached hydrogens (tertiary/aromatic N) is 1. The molecule has 1 heterocycles. The summed E-state index contributed by atoms with van der Waals surface area (Å²) in [7, 11) is -3.50. The highest BCUT2D eigenvalue weighted by molar-refractivity contribution is 7.89. The van der Waals surface area contributed by atoms with Gasteiger partial charge < -0.3 is 5.43 Å². The smallest absolute Gasteiger partial charge is 0.242 e. The van der Waals surface area contributed by atoms with Crippen molar-refractivity contribution < 1.29 is 8.42 Å². The van der Waals surface area contributed by atoms with E-state index < -0.39 is 10.0 Å². The van der Waals surface area contributed by atoms with Gasteiger partial charge in [0.2, 0.25) is 10.0 Å². The molecule has 1 aromatic rings. The Balaban J connectivity index is 2.02. The lowest BCUT2D eigenvalue weighted by Crippen LogP contribution is -2.37. The zero-order chi connectivity index (χ0) is 14.6. The number of nitrogens with two attached hydrogens (primary N) is 1. The lowest BCUT2D eigenvalue weighted by atomic mass is 9.76. The van der Waals surface area contributed by atoms with Gasteiger partial charge in [-0.3, -0.25) is 0 Å². The highest BCUT2D eigenvalue weighted by atomic mass is 32.2. The van der Waals surface area contributed by atoms with Crippen molar-refractivity contribution in [3.63, 3.8) is 0 Å². The van der Waals surface area contributed by atoms with Crippen LogP contribution < -0.4 is 16.0 Å². The summed E-state index contributed by atoms with van der Waals surface area (Å²) >= 11 is 0. The molecule has 1 aliphatic carbocycles. The number of nitrogens with one attached hydrogen (secondary N) is 2. The standard InChI is InChI=1S/C13H22N4O2S/c1-13(7-3-2-4-8-13)10-16-20(18,19)11-5-6-12(17-14)15-9-11/h5-6,9,16H,2-4,7-8,10,14H2,1H3,(H,15,17). The molecular formula is C13H22N4O2S. The van der Waals surface area contributed by atoms with Gasteiger partial charge in [-0.05, 0) is 30.4 Å². The fourth-order valence-electron chi connectivity index (χ4n) is 2.56. The average Bonchev–Trinajstić information content (AvgIpc) is 2.46. The summed E-state index contributed by atoms with van der Waals surface area (Å²) in [4.78, 5) is 4.08. The van der Waals surface area contributed by atoms with Crippen LogP contribution in [0.4, 0.5) is 5.82 Å². The Bertz CT molecular complexity index is 536. The number of hydrogen-bond acceptors (Lipinski definition) is 5. The summed E-state index contributed by atoms with van der Waals surface area (Å²) in [6, 6.07) is 3.03. The van der Waals surface area contributed by atoms with Crippen LogP contribution in [0.15, 0.2) is 23.2 Å². The first-order valence-corrected chi connectivity index (χ1v) is 8.36. The number of anilines is 1. The molecule has 1 aliphatic rings. The Morgan fingerprint density at radius 1 is 1.30 bits per heavy atom. The van der Waals surface area contributed by atoms with Crippen molar-refractivity contribution in [2.24, 2.45) is 11.3 Å². The first kappa shape index (κ1) is 15.2. The van der Waals surface area contributed by atoms with E-state index in [-0.39, 0.29) is 10.3 Å². The molecule has 2 rings (SSSR count). The lowest BCUT2D eigenvalue weighted by Gasteiger charge is -2.33. The van der Waals surface area contributed by atoms with E-state index in [2.05, 4.69) is 22.1 Å². The van der Waals surface area contributed by atoms with Crippen LogP contribution in [0.2, 0.25) is 0 Å². The van der Waals surface area contributed by atoms with Crippen LogP contribution in [-0.2, 0) is 10.0 Å². The first-order chi connectivity index (χ1) is 9.45. The molecule has 0 aliphatic heterocycles. The third-order valence-corrected chi connectivity index (χ3v) is 5.33. The molecule has 1 saturated carbocycles. The minimum atomic E-state index is -3.50. The molecule has 0 bridgehead atoms. The van der Waals surface area contributed by atoms with Crippen molar-refractivity contribution >= 4 is 15.8 Å². The molecule has 20 heavy (non-hydrogen) atoms. The molecular weight excluding hydrogens is 276 g/mol. The molecule has 0 saturated heterocycles. The molecule has 0 spiro atoms. The van der Waals surface area contributed by atoms with Crippen LogP contribution >= 0.6 is 0 Å². The summed E-state index contributed by atoms with van der Waals surface area (Å²) in [6.07, 6.45) is 7.06. The van der Waals surface area contributed by atoms with Crippen molar-refractivity contribution in [1.82, 2.24) is 9.71 Å². The fraction of sp³-hybridized carbons (Fsp3) is 0.615. The lowest BCUT2D eigenvalue weighted by molar-refractivity contribution is 0.219. The van der Waals surface area contributed by atoms with Crippen molar-refractivity contribution in [3.05, 3.63) is 18.3 Å². The highest BCUT2D eigenvalue weighted by Gasteiger charge is 2.28. The predicted molar refractivity (Wildman–Crippen MR) is 78.4 cm³/mol. The van der Waals surface area contributed by atoms with Gasteiger partial charge in [0.15, 0.2) is 0 Å². The monoisotopic (exact) mass is 298 g/mol. The Kier molecular flexibility index (Phi) is 4.62. The summed E-state index contributed by atoms with van der Waals surface area (Å²) in [5.41, 5.74) is 2.44. The second-order valence-electron chi connectivity index (χ2n) is 5.72. The van der Waals surface area contributed by atoms with Gasteiger partial charge in [0.1, 0.15) is 10.7 Å². The number of hydrazine groups is 1. The molecule has 7 heteroatoms. The van der Waals surface area contributed by atoms with Crippen molar-refractivity contribution in [2.45, 2.75) is 43.9 Å². The minimum Gasteiger partial charge on any atom is -0.308 e. The summed E-state index contributed by atoms with van der Waals surface area (Å²) in [6.45, 7) is 2.63. The quantitative estimate of drug-likeness (QED) is 0.567. The average molecular weight is 298 g/mol. The Labute approximate surface area is 120 Å². The number of pyridine rings is 1. The molecule has 1 fully saturated rings. The molecule has 0 aromatic carbocycles. The molecule has 0 unspecified atom stereocenters. The summed E-state index contributed by atoms with van der Waals surface area (Å²) < 4.78 is 27.1. The van der Waals surface area contributed by atoms with E-state index >= 15 is 0 Å². The maximum atomic E-state index is 12.2. The van der Waals surface area contributed by atoms with Gasteiger partial charge in [-0.25, -0.2) is 24.0 Å². The number of rotatable bonds is 5. The number of sulfonamides is 1. The van der Waals surface area contributed by atoms with Crippen molar-refractivity contribution in [3.8, 4) is 0 Å². The van der Waals surface area contributed by atoms with Crippen molar-refractivity contribution in [1.29, 1.82) is 0 Å². The van der Waals surface area contributed by atoms with E-state index in [0.29, 0.717) is 12.4 Å². The minimum absolute atomic E-state index is 0.0670. The maximum absolute atomic E-state index is 12.2. The topological polar surface area (TPSA) is 97.1 Å². The molecule has 0 atom stereocenters. The predicted octanol–water partition coefficient (Wildman–Crippen LogP) is 1.62. The van der Waals surface area contributed by atoms with Crippen LogP contribution in [-0.4, -0.2) is 19.9 Å². The largest absolute Gasteiger partial charge is 0.308 e. The summed E-state index contributed by atoms with van der Waals surface area (Å²) in [5, 5.41) is 0. The highest BCUT2D eigenvalue weighted by Crippen LogP contribution is 2.35. The van der Waals surface area contributed by atoms with E-state index in [4.69, 9.17) is 5.84 Å². The van der Waals surface area contributed by atoms with Crippen LogP contribution in [0.1, 0.15) is 39.0 Å². The van der Waals surface area contributed by atoms with E-state index in [1.807, 2.05) is 0 Å². The first-order valence-electron chi connectivity index (χ1n) is 6.88. The number of hydrogen-bond donors (Lipinski definition) is 3. The van der Waals surface area contributed by atoms with Crippen LogP contribution in [0.5, 0.6) is 0 Å². The zero-order valence-electron chi connectivity index (χ0n) is 11.7. The SMILES string of the molecule is CC1(CNS(=O)(=O)c2ccc(NN)nc2)CCCCC1. The van der Waals surface area contributed by atoms with Gasteiger partial charge in [0, 0.05) is 12.7 Å². The molecule has 0 radical (unpaired) electrons. The van der Waals surface area contributed by atoms with Gasteiger partial charge in [-0.1, -0.05) is 26.2 Å². The van der Waals surface area contributed by atoms with Gasteiger partial charge in [0.25, 0.3) is 0 Å². The van der Waals surface area contributed by atoms with Gasteiger partial charge in [0.05, 0.1) is 0 Å². The number of aromatic nitrogens is 1. The molecule has 112 valence electrons. The Morgan fingerprint density at radius 2 is 2.00 bits per heavy atom. The van der Waals surface area contributed by atoms with Crippen LogP contribution in [0.3, 0.4) is 0 Å². The van der Waals surface area contributed by atoms with E-state index in [1.54, 1.807) is 0 Å². The molecule has 0 amide bonds. The molecule has 1 aromatic heterocycles. The zero-order valence-corrected chi connectivity index (χ0v) is 12.5. The maximum Gasteiger partial charge on any atom is 0.242 e. The number of nitrogen functional groups attached to an aromatic ring is 1. The fourth-order valence-corrected chi connectivity index (χ4v) is 3.70. The van der Waals surface area contributed by atoms with E-state index in [1.165, 1.54) is 37.6 Å². The van der Waals surface area contributed by atoms with Gasteiger partial charge in [-0.2, -0.15) is 0 Å². The molecule has 4 N–H and O–H groups in total. The summed E-state index contributed by atoms with van der Waals surface area (Å²) in [5.74, 6) is 5.64. The van der Waals surface area contributed by atoms with Crippen molar-refractivity contribution in [2.75, 3.05) is 12.0 Å². The van der Waals surface area contributed by atoms with E-state index in [9.17, 15) is 8.42 Å². The Morgan fingerprint density at radius 3 is 2.55 bits per heavy atom. The second kappa shape index (κ2) is 6.07. The van der Waals surface area contributed by atoms with E-state index in [0.717, 1.165) is 12.8 Å². The third-order valence-electron chi connectivity index (χ3n) is 3.94. The third kappa shape index (κ3) is 3.68. The van der Waals surface area contributed by atoms with Crippen LogP contribution in [0.25, 0.3) is 0 Å². The Hall–Kier alpha value is -1.18. The molecule has 6 nitrogen and oxygen atoms in total. The van der Waals surface area contributed by atoms with Gasteiger partial charge in [-0.15, -0.1) is 0 Å². The van der Waals surface area contributed by atoms with Gasteiger partial charge >= 0.3 is 0 Å². The van der Waals surface area contributed by atoms with Crippen LogP contribution in [0, 0.1) is 5.41 Å². The normalized spacial score (nSPS) is 18.7.